The Hall–Kier alpha value is -0.0800. The fourth-order valence-corrected chi connectivity index (χ4v) is 1.51. The smallest absolute Gasteiger partial charge is 0.0494 e. The molecular formula is C11H25NO. The van der Waals surface area contributed by atoms with Gasteiger partial charge in [0.25, 0.3) is 0 Å². The summed E-state index contributed by atoms with van der Waals surface area (Å²) in [4.78, 5) is 2.41. The van der Waals surface area contributed by atoms with E-state index in [9.17, 15) is 5.11 Å². The molecule has 0 fully saturated rings. The molecule has 0 radical (unpaired) electrons. The minimum absolute atomic E-state index is 0.00847. The average Bonchev–Trinajstić information content (AvgIpc) is 1.99. The van der Waals surface area contributed by atoms with Crippen molar-refractivity contribution in [3.63, 3.8) is 0 Å². The number of rotatable bonds is 5. The first kappa shape index (κ1) is 12.9. The van der Waals surface area contributed by atoms with Gasteiger partial charge >= 0.3 is 0 Å². The molecule has 0 amide bonds. The summed E-state index contributed by atoms with van der Waals surface area (Å²) < 4.78 is 0. The topological polar surface area (TPSA) is 23.5 Å². The van der Waals surface area contributed by atoms with E-state index < -0.39 is 0 Å². The first-order valence-electron chi connectivity index (χ1n) is 5.17. The molecule has 0 aliphatic heterocycles. The molecule has 0 unspecified atom stereocenters. The molecule has 0 aliphatic carbocycles. The molecule has 0 spiro atoms. The van der Waals surface area contributed by atoms with E-state index in [1.165, 1.54) is 0 Å². The summed E-state index contributed by atoms with van der Waals surface area (Å²) in [5, 5.41) is 9.18. The Bertz CT molecular complexity index is 133. The molecule has 0 aromatic heterocycles. The molecule has 80 valence electrons. The Balaban J connectivity index is 4.26. The van der Waals surface area contributed by atoms with Crippen molar-refractivity contribution in [3.8, 4) is 0 Å². The molecule has 0 aliphatic rings. The van der Waals surface area contributed by atoms with E-state index in [1.54, 1.807) is 0 Å². The third kappa shape index (κ3) is 4.63. The van der Waals surface area contributed by atoms with Crippen LogP contribution in [0.5, 0.6) is 0 Å². The molecule has 2 heteroatoms. The molecule has 0 saturated carbocycles. The second-order valence-corrected chi connectivity index (χ2v) is 5.18. The molecule has 0 rings (SSSR count). The van der Waals surface area contributed by atoms with E-state index in [0.29, 0.717) is 12.1 Å². The van der Waals surface area contributed by atoms with Gasteiger partial charge in [-0.3, -0.25) is 4.90 Å². The van der Waals surface area contributed by atoms with Crippen molar-refractivity contribution < 1.29 is 5.11 Å². The highest BCUT2D eigenvalue weighted by molar-refractivity contribution is 4.77. The van der Waals surface area contributed by atoms with Crippen molar-refractivity contribution in [2.75, 3.05) is 13.2 Å². The zero-order valence-corrected chi connectivity index (χ0v) is 9.96. The van der Waals surface area contributed by atoms with E-state index in [1.807, 2.05) is 0 Å². The summed E-state index contributed by atoms with van der Waals surface area (Å²) in [5.74, 6) is 0. The van der Waals surface area contributed by atoms with Gasteiger partial charge in [-0.05, 0) is 27.7 Å². The number of aliphatic hydroxyl groups is 1. The van der Waals surface area contributed by atoms with Crippen LogP contribution in [0.15, 0.2) is 0 Å². The van der Waals surface area contributed by atoms with Crippen LogP contribution < -0.4 is 0 Å². The van der Waals surface area contributed by atoms with Crippen LogP contribution in [0.1, 0.15) is 41.5 Å². The summed E-state index contributed by atoms with van der Waals surface area (Å²) >= 11 is 0. The zero-order valence-electron chi connectivity index (χ0n) is 9.96. The molecule has 0 aromatic rings. The highest BCUT2D eigenvalue weighted by Crippen LogP contribution is 2.19. The van der Waals surface area contributed by atoms with Gasteiger partial charge in [-0.1, -0.05) is 13.8 Å². The SMILES string of the molecule is CC(C)N(CC(C)(C)CO)C(C)C. The molecule has 0 saturated heterocycles. The number of hydrogen-bond acceptors (Lipinski definition) is 2. The van der Waals surface area contributed by atoms with Crippen LogP contribution in [0, 0.1) is 5.41 Å². The molecule has 0 aromatic carbocycles. The molecule has 1 N–H and O–H groups in total. The van der Waals surface area contributed by atoms with E-state index in [-0.39, 0.29) is 12.0 Å². The molecule has 2 nitrogen and oxygen atoms in total. The summed E-state index contributed by atoms with van der Waals surface area (Å²) in [6, 6.07) is 1.09. The lowest BCUT2D eigenvalue weighted by atomic mass is 9.93. The predicted octanol–water partition coefficient (Wildman–Crippen LogP) is 2.12. The summed E-state index contributed by atoms with van der Waals surface area (Å²) in [6.45, 7) is 14.2. The van der Waals surface area contributed by atoms with E-state index >= 15 is 0 Å². The quantitative estimate of drug-likeness (QED) is 0.712. The van der Waals surface area contributed by atoms with Gasteiger partial charge in [0.2, 0.25) is 0 Å². The second-order valence-electron chi connectivity index (χ2n) is 5.18. The van der Waals surface area contributed by atoms with Crippen LogP contribution in [0.2, 0.25) is 0 Å². The van der Waals surface area contributed by atoms with Crippen LogP contribution in [0.25, 0.3) is 0 Å². The largest absolute Gasteiger partial charge is 0.396 e. The summed E-state index contributed by atoms with van der Waals surface area (Å²) in [7, 11) is 0. The Morgan fingerprint density at radius 1 is 1.08 bits per heavy atom. The monoisotopic (exact) mass is 187 g/mol. The highest BCUT2D eigenvalue weighted by atomic mass is 16.3. The van der Waals surface area contributed by atoms with Gasteiger partial charge in [0.15, 0.2) is 0 Å². The second kappa shape index (κ2) is 4.97. The maximum absolute atomic E-state index is 9.18. The number of nitrogens with zero attached hydrogens (tertiary/aromatic N) is 1. The van der Waals surface area contributed by atoms with Crippen LogP contribution in [-0.2, 0) is 0 Å². The molecule has 0 atom stereocenters. The number of hydrogen-bond donors (Lipinski definition) is 1. The van der Waals surface area contributed by atoms with Gasteiger partial charge in [-0.2, -0.15) is 0 Å². The van der Waals surface area contributed by atoms with E-state index in [2.05, 4.69) is 46.4 Å². The van der Waals surface area contributed by atoms with Gasteiger partial charge in [0.1, 0.15) is 0 Å². The van der Waals surface area contributed by atoms with Gasteiger partial charge in [-0.15, -0.1) is 0 Å². The predicted molar refractivity (Wildman–Crippen MR) is 57.8 cm³/mol. The fraction of sp³-hybridized carbons (Fsp3) is 1.00. The third-order valence-corrected chi connectivity index (χ3v) is 2.37. The van der Waals surface area contributed by atoms with Crippen molar-refractivity contribution in [1.82, 2.24) is 4.90 Å². The summed E-state index contributed by atoms with van der Waals surface area (Å²) in [6.07, 6.45) is 0. The van der Waals surface area contributed by atoms with E-state index in [0.717, 1.165) is 6.54 Å². The lowest BCUT2D eigenvalue weighted by Gasteiger charge is -2.37. The Morgan fingerprint density at radius 2 is 1.46 bits per heavy atom. The average molecular weight is 187 g/mol. The third-order valence-electron chi connectivity index (χ3n) is 2.37. The first-order chi connectivity index (χ1) is 5.80. The van der Waals surface area contributed by atoms with Crippen molar-refractivity contribution in [2.24, 2.45) is 5.41 Å². The maximum Gasteiger partial charge on any atom is 0.0494 e. The van der Waals surface area contributed by atoms with Crippen molar-refractivity contribution in [1.29, 1.82) is 0 Å². The van der Waals surface area contributed by atoms with Gasteiger partial charge in [-0.25, -0.2) is 0 Å². The Kier molecular flexibility index (Phi) is 4.93. The minimum Gasteiger partial charge on any atom is -0.396 e. The van der Waals surface area contributed by atoms with Crippen molar-refractivity contribution in [3.05, 3.63) is 0 Å². The van der Waals surface area contributed by atoms with Gasteiger partial charge < -0.3 is 5.11 Å². The normalized spacial score (nSPS) is 13.4. The molecular weight excluding hydrogens is 162 g/mol. The Morgan fingerprint density at radius 3 is 1.69 bits per heavy atom. The maximum atomic E-state index is 9.18. The van der Waals surface area contributed by atoms with Gasteiger partial charge in [0.05, 0.1) is 0 Å². The fourth-order valence-electron chi connectivity index (χ4n) is 1.51. The number of aliphatic hydroxyl groups excluding tert-OH is 1. The lowest BCUT2D eigenvalue weighted by molar-refractivity contribution is 0.0680. The van der Waals surface area contributed by atoms with Crippen molar-refractivity contribution >= 4 is 0 Å². The minimum atomic E-state index is 0.00847. The first-order valence-corrected chi connectivity index (χ1v) is 5.17. The molecule has 13 heavy (non-hydrogen) atoms. The highest BCUT2D eigenvalue weighted by Gasteiger charge is 2.23. The molecule has 0 heterocycles. The Labute approximate surface area is 82.9 Å². The van der Waals surface area contributed by atoms with E-state index in [4.69, 9.17) is 0 Å². The van der Waals surface area contributed by atoms with Crippen LogP contribution in [-0.4, -0.2) is 35.2 Å². The van der Waals surface area contributed by atoms with Crippen LogP contribution >= 0.6 is 0 Å². The lowest BCUT2D eigenvalue weighted by Crippen LogP contribution is -2.44. The zero-order chi connectivity index (χ0) is 10.6. The van der Waals surface area contributed by atoms with Crippen LogP contribution in [0.3, 0.4) is 0 Å². The standard InChI is InChI=1S/C11H25NO/c1-9(2)12(10(3)4)7-11(5,6)8-13/h9-10,13H,7-8H2,1-6H3. The van der Waals surface area contributed by atoms with Crippen molar-refractivity contribution in [2.45, 2.75) is 53.6 Å². The van der Waals surface area contributed by atoms with Crippen LogP contribution in [0.4, 0.5) is 0 Å². The summed E-state index contributed by atoms with van der Waals surface area (Å²) in [5.41, 5.74) is 0.00847. The molecule has 0 bridgehead atoms. The van der Waals surface area contributed by atoms with Gasteiger partial charge in [0, 0.05) is 30.7 Å².